The highest BCUT2D eigenvalue weighted by Crippen LogP contribution is 2.45. The van der Waals surface area contributed by atoms with Crippen LogP contribution in [-0.4, -0.2) is 15.0 Å². The zero-order valence-electron chi connectivity index (χ0n) is 51.6. The normalized spacial score (nSPS) is 11.3. The number of benzene rings is 10. The van der Waals surface area contributed by atoms with Gasteiger partial charge in [0.1, 0.15) is 0 Å². The SMILES string of the molecule is CC(C)(C)c1ccc(C#Cc2cc(C#Cc3ccc(C(C)(C)C)cc3)cc(-c3cc(-c4ccccn4)ccc3-c3ccccc3-c3cc(-c4ccccc4-c4ccc(-c5ccccn5)cc4)cc(-c4ccccc4-c4ccc(-c5ccccn5)cc4)c3)c2)cc1. The highest BCUT2D eigenvalue weighted by Gasteiger charge is 2.20. The highest BCUT2D eigenvalue weighted by atomic mass is 14.7. The Morgan fingerprint density at radius 1 is 0.211 bits per heavy atom. The van der Waals surface area contributed by atoms with Gasteiger partial charge in [-0.25, -0.2) is 0 Å². The molecular weight excluding hydrogens is 1090 g/mol. The summed E-state index contributed by atoms with van der Waals surface area (Å²) in [6, 6.07) is 99.9. The lowest BCUT2D eigenvalue weighted by molar-refractivity contribution is 0.590. The Morgan fingerprint density at radius 2 is 0.511 bits per heavy atom. The third kappa shape index (κ3) is 12.9. The lowest BCUT2D eigenvalue weighted by Crippen LogP contribution is -2.10. The van der Waals surface area contributed by atoms with E-state index in [2.05, 4.69) is 318 Å². The lowest BCUT2D eigenvalue weighted by atomic mass is 9.84. The van der Waals surface area contributed by atoms with Crippen LogP contribution in [0.2, 0.25) is 0 Å². The molecule has 0 N–H and O–H groups in total. The number of rotatable bonds is 10. The molecule has 0 aliphatic heterocycles. The van der Waals surface area contributed by atoms with Crippen molar-refractivity contribution < 1.29 is 0 Å². The van der Waals surface area contributed by atoms with Crippen LogP contribution in [0.1, 0.15) is 74.9 Å². The summed E-state index contributed by atoms with van der Waals surface area (Å²) in [6.07, 6.45) is 5.55. The second-order valence-corrected chi connectivity index (χ2v) is 24.9. The Hall–Kier alpha value is -11.2. The summed E-state index contributed by atoms with van der Waals surface area (Å²) < 4.78 is 0. The van der Waals surface area contributed by atoms with Crippen LogP contribution in [0.25, 0.3) is 112 Å². The van der Waals surface area contributed by atoms with Crippen molar-refractivity contribution in [3.63, 3.8) is 0 Å². The van der Waals surface area contributed by atoms with Crippen LogP contribution < -0.4 is 0 Å². The van der Waals surface area contributed by atoms with Crippen molar-refractivity contribution in [1.29, 1.82) is 0 Å². The fourth-order valence-corrected chi connectivity index (χ4v) is 11.8. The van der Waals surface area contributed by atoms with Gasteiger partial charge in [0.05, 0.1) is 17.1 Å². The Kier molecular flexibility index (Phi) is 16.2. The van der Waals surface area contributed by atoms with Crippen molar-refractivity contribution in [2.24, 2.45) is 0 Å². The van der Waals surface area contributed by atoms with E-state index in [1.807, 2.05) is 55.0 Å². The van der Waals surface area contributed by atoms with E-state index in [-0.39, 0.29) is 10.8 Å². The molecule has 0 aliphatic carbocycles. The van der Waals surface area contributed by atoms with Gasteiger partial charge in [-0.2, -0.15) is 0 Å². The van der Waals surface area contributed by atoms with E-state index in [0.717, 1.165) is 134 Å². The summed E-state index contributed by atoms with van der Waals surface area (Å²) >= 11 is 0. The zero-order valence-corrected chi connectivity index (χ0v) is 51.6. The van der Waals surface area contributed by atoms with Crippen molar-refractivity contribution in [2.75, 3.05) is 0 Å². The number of nitrogens with zero attached hydrogens (tertiary/aromatic N) is 3. The molecule has 0 unspecified atom stereocenters. The molecule has 10 aromatic carbocycles. The summed E-state index contributed by atoms with van der Waals surface area (Å²) in [5.74, 6) is 14.2. The molecule has 3 nitrogen and oxygen atoms in total. The van der Waals surface area contributed by atoms with Crippen LogP contribution >= 0.6 is 0 Å². The van der Waals surface area contributed by atoms with Gasteiger partial charge in [-0.1, -0.05) is 241 Å². The molecule has 3 aromatic heterocycles. The van der Waals surface area contributed by atoms with E-state index in [4.69, 9.17) is 4.98 Å². The molecule has 430 valence electrons. The molecule has 0 radical (unpaired) electrons. The largest absolute Gasteiger partial charge is 0.256 e. The topological polar surface area (TPSA) is 38.7 Å². The molecule has 0 saturated carbocycles. The molecule has 0 fully saturated rings. The molecular formula is C87H67N3. The smallest absolute Gasteiger partial charge is 0.0702 e. The third-order valence-electron chi connectivity index (χ3n) is 16.7. The molecule has 0 spiro atoms. The fourth-order valence-electron chi connectivity index (χ4n) is 11.8. The Labute approximate surface area is 530 Å². The van der Waals surface area contributed by atoms with E-state index >= 15 is 0 Å². The van der Waals surface area contributed by atoms with E-state index < -0.39 is 0 Å². The van der Waals surface area contributed by atoms with Gasteiger partial charge in [-0.3, -0.25) is 15.0 Å². The zero-order chi connectivity index (χ0) is 61.6. The minimum absolute atomic E-state index is 0.0347. The minimum atomic E-state index is 0.0347. The average Bonchev–Trinajstić information content (AvgIpc) is 0.978. The van der Waals surface area contributed by atoms with Crippen LogP contribution in [0.15, 0.2) is 298 Å². The van der Waals surface area contributed by atoms with Gasteiger partial charge in [0.25, 0.3) is 0 Å². The summed E-state index contributed by atoms with van der Waals surface area (Å²) in [5, 5.41) is 0. The molecule has 90 heavy (non-hydrogen) atoms. The molecule has 0 amide bonds. The van der Waals surface area contributed by atoms with Crippen LogP contribution in [0, 0.1) is 23.7 Å². The van der Waals surface area contributed by atoms with Crippen LogP contribution in [0.3, 0.4) is 0 Å². The van der Waals surface area contributed by atoms with Crippen molar-refractivity contribution in [3.05, 3.63) is 331 Å². The molecule has 0 atom stereocenters. The molecule has 0 saturated heterocycles. The highest BCUT2D eigenvalue weighted by molar-refractivity contribution is 5.97. The summed E-state index contributed by atoms with van der Waals surface area (Å²) in [4.78, 5) is 14.2. The number of pyridine rings is 3. The molecule has 3 heterocycles. The first kappa shape index (κ1) is 57.8. The van der Waals surface area contributed by atoms with Gasteiger partial charge < -0.3 is 0 Å². The molecule has 0 bridgehead atoms. The maximum atomic E-state index is 4.88. The van der Waals surface area contributed by atoms with E-state index in [0.29, 0.717) is 0 Å². The van der Waals surface area contributed by atoms with Crippen molar-refractivity contribution in [2.45, 2.75) is 52.4 Å². The maximum absolute atomic E-state index is 4.88. The summed E-state index contributed by atoms with van der Waals surface area (Å²) in [7, 11) is 0. The Bertz CT molecular complexity index is 4600. The summed E-state index contributed by atoms with van der Waals surface area (Å²) in [6.45, 7) is 13.4. The number of aromatic nitrogens is 3. The maximum Gasteiger partial charge on any atom is 0.0702 e. The predicted molar refractivity (Wildman–Crippen MR) is 376 cm³/mol. The predicted octanol–water partition coefficient (Wildman–Crippen LogP) is 21.9. The van der Waals surface area contributed by atoms with Crippen LogP contribution in [0.5, 0.6) is 0 Å². The van der Waals surface area contributed by atoms with Gasteiger partial charge in [-0.05, 0) is 203 Å². The van der Waals surface area contributed by atoms with Crippen molar-refractivity contribution >= 4 is 0 Å². The average molecular weight is 1150 g/mol. The van der Waals surface area contributed by atoms with Crippen LogP contribution in [-0.2, 0) is 10.8 Å². The molecule has 3 heteroatoms. The quantitative estimate of drug-likeness (QED) is 0.128. The fraction of sp³-hybridized carbons (Fsp3) is 0.0920. The van der Waals surface area contributed by atoms with Crippen LogP contribution in [0.4, 0.5) is 0 Å². The van der Waals surface area contributed by atoms with Gasteiger partial charge in [0.15, 0.2) is 0 Å². The van der Waals surface area contributed by atoms with Crippen molar-refractivity contribution in [3.8, 4) is 135 Å². The standard InChI is InChI=1S/C87H67N3/c1-86(2,3)73-45-32-60(33-46-73)28-30-62-53-63(31-29-61-34-47-74(48-35-61)87(4,5)6)55-69(54-62)82-59-68(85-27-15-18-52-90-85)44-49-81(82)80-24-12-11-23-79(80)72-57-70(77-21-9-7-19-75(77)64-36-40-66(41-37-64)83-25-13-16-50-88-83)56-71(58-72)78-22-10-8-20-76(78)65-38-42-67(43-39-65)84-26-14-17-51-89-84/h7-27,32-59H,1-6H3. The third-order valence-corrected chi connectivity index (χ3v) is 16.7. The van der Waals surface area contributed by atoms with E-state index in [1.54, 1.807) is 0 Å². The number of hydrogen-bond donors (Lipinski definition) is 0. The van der Waals surface area contributed by atoms with E-state index in [1.165, 1.54) is 11.1 Å². The lowest BCUT2D eigenvalue weighted by Gasteiger charge is -2.19. The van der Waals surface area contributed by atoms with Gasteiger partial charge in [-0.15, -0.1) is 0 Å². The number of hydrogen-bond acceptors (Lipinski definition) is 3. The van der Waals surface area contributed by atoms with Gasteiger partial charge in [0, 0.05) is 57.5 Å². The molecule has 0 aliphatic rings. The molecule has 13 rings (SSSR count). The Morgan fingerprint density at radius 3 is 0.889 bits per heavy atom. The minimum Gasteiger partial charge on any atom is -0.256 e. The summed E-state index contributed by atoms with van der Waals surface area (Å²) in [5.41, 5.74) is 27.5. The van der Waals surface area contributed by atoms with Gasteiger partial charge in [0.2, 0.25) is 0 Å². The first-order chi connectivity index (χ1) is 43.8. The van der Waals surface area contributed by atoms with E-state index in [9.17, 15) is 0 Å². The monoisotopic (exact) mass is 1150 g/mol. The molecule has 13 aromatic rings. The second kappa shape index (κ2) is 25.2. The van der Waals surface area contributed by atoms with Gasteiger partial charge >= 0.3 is 0 Å². The second-order valence-electron chi connectivity index (χ2n) is 24.9. The first-order valence-electron chi connectivity index (χ1n) is 30.8. The Balaban J connectivity index is 0.995. The van der Waals surface area contributed by atoms with Crippen molar-refractivity contribution in [1.82, 2.24) is 15.0 Å². The first-order valence-corrected chi connectivity index (χ1v) is 30.8.